The summed E-state index contributed by atoms with van der Waals surface area (Å²) in [5.41, 5.74) is 1.37. The lowest BCUT2D eigenvalue weighted by molar-refractivity contribution is -0.192. The van der Waals surface area contributed by atoms with E-state index in [1.54, 1.807) is 7.11 Å². The van der Waals surface area contributed by atoms with E-state index in [-0.39, 0.29) is 0 Å². The van der Waals surface area contributed by atoms with Crippen LogP contribution in [0.5, 0.6) is 0 Å². The summed E-state index contributed by atoms with van der Waals surface area (Å²) in [7, 11) is 1.78. The SMILES string of the molecule is COCCC1CN(CC2CCCC2)Cc2ccnn21.O=C(O)C(F)(F)F. The number of aliphatic carboxylic acids is 1. The summed E-state index contributed by atoms with van der Waals surface area (Å²) in [6.07, 6.45) is 3.64. The van der Waals surface area contributed by atoms with Crippen molar-refractivity contribution in [1.82, 2.24) is 14.7 Å². The molecule has 1 N–H and O–H groups in total. The van der Waals surface area contributed by atoms with E-state index in [2.05, 4.69) is 20.7 Å². The van der Waals surface area contributed by atoms with Crippen molar-refractivity contribution >= 4 is 5.97 Å². The lowest BCUT2D eigenvalue weighted by Gasteiger charge is -2.35. The van der Waals surface area contributed by atoms with Crippen molar-refractivity contribution in [3.05, 3.63) is 18.0 Å². The van der Waals surface area contributed by atoms with Crippen molar-refractivity contribution < 1.29 is 27.8 Å². The maximum Gasteiger partial charge on any atom is 0.490 e. The fourth-order valence-corrected chi connectivity index (χ4v) is 3.63. The molecule has 3 rings (SSSR count). The molecule has 148 valence electrons. The molecule has 0 bridgehead atoms. The summed E-state index contributed by atoms with van der Waals surface area (Å²) in [5.74, 6) is -1.83. The van der Waals surface area contributed by atoms with Gasteiger partial charge in [-0.05, 0) is 31.2 Å². The van der Waals surface area contributed by atoms with Gasteiger partial charge in [-0.25, -0.2) is 4.79 Å². The molecule has 1 saturated carbocycles. The molecule has 1 fully saturated rings. The molecular weight excluding hydrogens is 351 g/mol. The molecule has 0 aromatic carbocycles. The Morgan fingerprint density at radius 3 is 2.62 bits per heavy atom. The number of ether oxygens (including phenoxy) is 1. The molecule has 6 nitrogen and oxygen atoms in total. The molecule has 1 atom stereocenters. The maximum atomic E-state index is 10.6. The molecule has 0 spiro atoms. The quantitative estimate of drug-likeness (QED) is 0.854. The van der Waals surface area contributed by atoms with Crippen LogP contribution in [0.2, 0.25) is 0 Å². The van der Waals surface area contributed by atoms with E-state index < -0.39 is 12.1 Å². The first-order valence-corrected chi connectivity index (χ1v) is 8.85. The minimum Gasteiger partial charge on any atom is -0.475 e. The number of hydrogen-bond donors (Lipinski definition) is 1. The van der Waals surface area contributed by atoms with Gasteiger partial charge in [-0.15, -0.1) is 0 Å². The summed E-state index contributed by atoms with van der Waals surface area (Å²) in [5, 5.41) is 11.6. The fourth-order valence-electron chi connectivity index (χ4n) is 3.63. The van der Waals surface area contributed by atoms with Crippen LogP contribution in [0.15, 0.2) is 12.3 Å². The van der Waals surface area contributed by atoms with Crippen molar-refractivity contribution in [2.75, 3.05) is 26.8 Å². The maximum absolute atomic E-state index is 10.6. The summed E-state index contributed by atoms with van der Waals surface area (Å²) < 4.78 is 39.2. The van der Waals surface area contributed by atoms with Crippen LogP contribution < -0.4 is 0 Å². The molecule has 1 unspecified atom stereocenters. The number of halogens is 3. The van der Waals surface area contributed by atoms with E-state index in [9.17, 15) is 13.2 Å². The highest BCUT2D eigenvalue weighted by Gasteiger charge is 2.38. The lowest BCUT2D eigenvalue weighted by atomic mass is 10.1. The highest BCUT2D eigenvalue weighted by molar-refractivity contribution is 5.73. The predicted molar refractivity (Wildman–Crippen MR) is 88.7 cm³/mol. The molecule has 0 radical (unpaired) electrons. The minimum absolute atomic E-state index is 0.486. The van der Waals surface area contributed by atoms with Crippen LogP contribution in [0, 0.1) is 5.92 Å². The Kier molecular flexibility index (Phi) is 7.45. The van der Waals surface area contributed by atoms with Gasteiger partial charge in [0.05, 0.1) is 11.7 Å². The zero-order valence-corrected chi connectivity index (χ0v) is 14.9. The van der Waals surface area contributed by atoms with Crippen molar-refractivity contribution in [2.45, 2.75) is 50.9 Å². The standard InChI is InChI=1S/C15H25N3O.C2HF3O2/c1-19-9-7-15-12-17(10-13-4-2-3-5-13)11-14-6-8-16-18(14)15;3-2(4,5)1(6)7/h6,8,13,15H,2-5,7,9-12H2,1H3;(H,6,7). The van der Waals surface area contributed by atoms with Crippen LogP contribution in [-0.2, 0) is 16.1 Å². The Hall–Kier alpha value is -1.61. The minimum atomic E-state index is -5.08. The molecular formula is C17H26F3N3O3. The summed E-state index contributed by atoms with van der Waals surface area (Å²) in [6, 6.07) is 2.65. The van der Waals surface area contributed by atoms with Crippen LogP contribution in [0.25, 0.3) is 0 Å². The topological polar surface area (TPSA) is 67.6 Å². The van der Waals surface area contributed by atoms with Gasteiger partial charge in [-0.2, -0.15) is 18.3 Å². The molecule has 2 aliphatic rings. The highest BCUT2D eigenvalue weighted by atomic mass is 19.4. The van der Waals surface area contributed by atoms with Gasteiger partial charge in [-0.1, -0.05) is 12.8 Å². The van der Waals surface area contributed by atoms with Crippen LogP contribution >= 0.6 is 0 Å². The van der Waals surface area contributed by atoms with Crippen molar-refractivity contribution in [3.63, 3.8) is 0 Å². The normalized spacial score (nSPS) is 21.2. The van der Waals surface area contributed by atoms with E-state index >= 15 is 0 Å². The molecule has 0 saturated heterocycles. The van der Waals surface area contributed by atoms with Gasteiger partial charge in [-0.3, -0.25) is 9.58 Å². The number of methoxy groups -OCH3 is 1. The van der Waals surface area contributed by atoms with Crippen molar-refractivity contribution in [1.29, 1.82) is 0 Å². The number of aromatic nitrogens is 2. The third-order valence-corrected chi connectivity index (χ3v) is 4.84. The van der Waals surface area contributed by atoms with E-state index in [0.717, 1.165) is 32.0 Å². The first-order chi connectivity index (χ1) is 12.3. The first-order valence-electron chi connectivity index (χ1n) is 8.85. The number of carbonyl (C=O) groups is 1. The fraction of sp³-hybridized carbons (Fsp3) is 0.765. The third kappa shape index (κ3) is 5.98. The molecule has 1 aliphatic heterocycles. The number of carboxylic acid groups (broad SMARTS) is 1. The number of fused-ring (bicyclic) bond motifs is 1. The molecule has 0 amide bonds. The van der Waals surface area contributed by atoms with E-state index in [0.29, 0.717) is 6.04 Å². The number of hydrogen-bond acceptors (Lipinski definition) is 4. The Morgan fingerprint density at radius 1 is 1.38 bits per heavy atom. The second-order valence-electron chi connectivity index (χ2n) is 6.85. The Labute approximate surface area is 150 Å². The molecule has 1 aromatic rings. The molecule has 9 heteroatoms. The predicted octanol–water partition coefficient (Wildman–Crippen LogP) is 3.10. The van der Waals surface area contributed by atoms with Crippen LogP contribution in [-0.4, -0.2) is 58.7 Å². The van der Waals surface area contributed by atoms with Crippen molar-refractivity contribution in [2.24, 2.45) is 5.92 Å². The van der Waals surface area contributed by atoms with Gasteiger partial charge >= 0.3 is 12.1 Å². The van der Waals surface area contributed by atoms with E-state index in [1.807, 2.05) is 6.20 Å². The van der Waals surface area contributed by atoms with Crippen LogP contribution in [0.3, 0.4) is 0 Å². The second-order valence-corrected chi connectivity index (χ2v) is 6.85. The number of rotatable bonds is 5. The monoisotopic (exact) mass is 377 g/mol. The Morgan fingerprint density at radius 2 is 2.04 bits per heavy atom. The zero-order chi connectivity index (χ0) is 19.2. The molecule has 1 aromatic heterocycles. The molecule has 1 aliphatic carbocycles. The Bertz CT molecular complexity index is 571. The Balaban J connectivity index is 0.000000298. The summed E-state index contributed by atoms with van der Waals surface area (Å²) in [6.45, 7) is 4.30. The lowest BCUT2D eigenvalue weighted by Crippen LogP contribution is -2.40. The molecule has 26 heavy (non-hydrogen) atoms. The second kappa shape index (κ2) is 9.36. The van der Waals surface area contributed by atoms with Gasteiger partial charge in [0.2, 0.25) is 0 Å². The largest absolute Gasteiger partial charge is 0.490 e. The zero-order valence-electron chi connectivity index (χ0n) is 14.9. The van der Waals surface area contributed by atoms with Crippen molar-refractivity contribution in [3.8, 4) is 0 Å². The van der Waals surface area contributed by atoms with Gasteiger partial charge in [0.25, 0.3) is 0 Å². The van der Waals surface area contributed by atoms with Gasteiger partial charge < -0.3 is 9.84 Å². The van der Waals surface area contributed by atoms with Crippen LogP contribution in [0.4, 0.5) is 13.2 Å². The van der Waals surface area contributed by atoms with Gasteiger partial charge in [0.15, 0.2) is 0 Å². The van der Waals surface area contributed by atoms with Gasteiger partial charge in [0, 0.05) is 39.5 Å². The van der Waals surface area contributed by atoms with E-state index in [1.165, 1.54) is 37.9 Å². The highest BCUT2D eigenvalue weighted by Crippen LogP contribution is 2.29. The number of nitrogens with zero attached hydrogens (tertiary/aromatic N) is 3. The first kappa shape index (κ1) is 20.7. The number of alkyl halides is 3. The average molecular weight is 377 g/mol. The average Bonchev–Trinajstić information content (AvgIpc) is 3.23. The third-order valence-electron chi connectivity index (χ3n) is 4.84. The van der Waals surface area contributed by atoms with Gasteiger partial charge in [0.1, 0.15) is 0 Å². The summed E-state index contributed by atoms with van der Waals surface area (Å²) >= 11 is 0. The smallest absolute Gasteiger partial charge is 0.475 e. The molecule has 2 heterocycles. The van der Waals surface area contributed by atoms with Crippen LogP contribution in [0.1, 0.15) is 43.8 Å². The van der Waals surface area contributed by atoms with E-state index in [4.69, 9.17) is 14.6 Å². The summed E-state index contributed by atoms with van der Waals surface area (Å²) in [4.78, 5) is 11.5. The number of carboxylic acids is 1.